The van der Waals surface area contributed by atoms with Crippen molar-refractivity contribution in [2.75, 3.05) is 16.8 Å². The van der Waals surface area contributed by atoms with Crippen LogP contribution in [0.15, 0.2) is 66.7 Å². The molecule has 0 aliphatic carbocycles. The zero-order valence-corrected chi connectivity index (χ0v) is 15.8. The number of nitrogens with two attached hydrogens (primary N) is 2. The molecule has 3 aromatic rings. The second-order valence-corrected chi connectivity index (χ2v) is 6.20. The summed E-state index contributed by atoms with van der Waals surface area (Å²) in [6.07, 6.45) is 0. The summed E-state index contributed by atoms with van der Waals surface area (Å²) in [5.74, 6) is -1.15. The van der Waals surface area contributed by atoms with E-state index in [1.807, 2.05) is 49.4 Å². The molecule has 0 saturated heterocycles. The molecule has 0 aliphatic heterocycles. The van der Waals surface area contributed by atoms with Gasteiger partial charge in [-0.1, -0.05) is 42.5 Å². The van der Waals surface area contributed by atoms with Crippen molar-refractivity contribution >= 4 is 28.9 Å². The molecule has 28 heavy (non-hydrogen) atoms. The van der Waals surface area contributed by atoms with Crippen LogP contribution in [0.4, 0.5) is 17.1 Å². The van der Waals surface area contributed by atoms with Crippen LogP contribution in [-0.4, -0.2) is 17.0 Å². The summed E-state index contributed by atoms with van der Waals surface area (Å²) in [4.78, 5) is 22.6. The highest BCUT2D eigenvalue weighted by molar-refractivity contribution is 6.08. The number of aromatic carboxylic acids is 1. The van der Waals surface area contributed by atoms with Crippen LogP contribution in [0.5, 0.6) is 0 Å². The lowest BCUT2D eigenvalue weighted by atomic mass is 10.1. The third-order valence-corrected chi connectivity index (χ3v) is 4.08. The van der Waals surface area contributed by atoms with E-state index >= 15 is 0 Å². The molecule has 0 radical (unpaired) electrons. The number of benzene rings is 3. The van der Waals surface area contributed by atoms with Crippen LogP contribution in [0.3, 0.4) is 0 Å². The molecular weight excluding hydrogens is 354 g/mol. The van der Waals surface area contributed by atoms with E-state index in [1.54, 1.807) is 31.2 Å². The van der Waals surface area contributed by atoms with Crippen LogP contribution in [0.2, 0.25) is 0 Å². The Morgan fingerprint density at radius 2 is 1.25 bits per heavy atom. The molecule has 0 atom stereocenters. The van der Waals surface area contributed by atoms with Gasteiger partial charge in [0.2, 0.25) is 0 Å². The molecule has 1 amide bonds. The molecule has 0 fully saturated rings. The Kier molecular flexibility index (Phi) is 6.76. The summed E-state index contributed by atoms with van der Waals surface area (Å²) in [5, 5.41) is 11.5. The number of carboxylic acids is 1. The monoisotopic (exact) mass is 377 g/mol. The third-order valence-electron chi connectivity index (χ3n) is 4.08. The number of para-hydroxylation sites is 1. The Morgan fingerprint density at radius 3 is 1.68 bits per heavy atom. The molecule has 0 heterocycles. The Hall–Kier alpha value is -3.80. The fourth-order valence-corrected chi connectivity index (χ4v) is 2.70. The number of amides is 1. The number of hydrogen-bond acceptors (Lipinski definition) is 4. The lowest BCUT2D eigenvalue weighted by Gasteiger charge is -2.09. The van der Waals surface area contributed by atoms with Crippen LogP contribution in [0.25, 0.3) is 0 Å². The fraction of sp³-hybridized carbons (Fsp3) is 0.0909. The Labute approximate surface area is 163 Å². The van der Waals surface area contributed by atoms with E-state index in [0.717, 1.165) is 11.3 Å². The predicted molar refractivity (Wildman–Crippen MR) is 113 cm³/mol. The van der Waals surface area contributed by atoms with Crippen molar-refractivity contribution in [2.24, 2.45) is 0 Å². The number of carbonyl (C=O) groups excluding carboxylic acids is 1. The average Bonchev–Trinajstić information content (AvgIpc) is 2.62. The maximum Gasteiger partial charge on any atom is 0.338 e. The minimum Gasteiger partial charge on any atom is -0.478 e. The summed E-state index contributed by atoms with van der Waals surface area (Å²) >= 11 is 0. The highest BCUT2D eigenvalue weighted by atomic mass is 16.4. The highest BCUT2D eigenvalue weighted by Gasteiger charge is 2.12. The first-order valence-corrected chi connectivity index (χ1v) is 8.61. The van der Waals surface area contributed by atoms with Crippen molar-refractivity contribution in [3.63, 3.8) is 0 Å². The zero-order valence-electron chi connectivity index (χ0n) is 15.8. The predicted octanol–water partition coefficient (Wildman–Crippen LogP) is 4.10. The first-order valence-electron chi connectivity index (χ1n) is 8.61. The lowest BCUT2D eigenvalue weighted by Crippen LogP contribution is -2.15. The first kappa shape index (κ1) is 20.5. The average molecular weight is 377 g/mol. The Bertz CT molecular complexity index is 945. The van der Waals surface area contributed by atoms with Crippen LogP contribution in [-0.2, 0) is 0 Å². The van der Waals surface area contributed by atoms with Gasteiger partial charge >= 0.3 is 5.97 Å². The van der Waals surface area contributed by atoms with Crippen molar-refractivity contribution in [3.8, 4) is 0 Å². The largest absolute Gasteiger partial charge is 0.478 e. The zero-order chi connectivity index (χ0) is 20.7. The van der Waals surface area contributed by atoms with E-state index < -0.39 is 5.97 Å². The lowest BCUT2D eigenvalue weighted by molar-refractivity contribution is 0.0697. The number of carbonyl (C=O) groups is 2. The van der Waals surface area contributed by atoms with Crippen molar-refractivity contribution in [1.82, 2.24) is 0 Å². The van der Waals surface area contributed by atoms with Crippen LogP contribution in [0.1, 0.15) is 31.8 Å². The molecule has 0 aliphatic rings. The van der Waals surface area contributed by atoms with Gasteiger partial charge in [0.1, 0.15) is 0 Å². The molecule has 0 aromatic heterocycles. The van der Waals surface area contributed by atoms with Crippen LogP contribution < -0.4 is 16.8 Å². The summed E-state index contributed by atoms with van der Waals surface area (Å²) in [5.41, 5.74) is 15.1. The van der Waals surface area contributed by atoms with Crippen LogP contribution >= 0.6 is 0 Å². The number of anilines is 3. The SMILES string of the molecule is Cc1cccc(N)c1C(=O)Nc1ccccc1.Cc1cccc(N)c1C(=O)O. The van der Waals surface area contributed by atoms with E-state index in [9.17, 15) is 9.59 Å². The van der Waals surface area contributed by atoms with Gasteiger partial charge in [0.05, 0.1) is 11.1 Å². The molecule has 0 bridgehead atoms. The van der Waals surface area contributed by atoms with Crippen molar-refractivity contribution in [2.45, 2.75) is 13.8 Å². The van der Waals surface area contributed by atoms with Gasteiger partial charge in [-0.2, -0.15) is 0 Å². The molecule has 3 aromatic carbocycles. The van der Waals surface area contributed by atoms with Crippen molar-refractivity contribution < 1.29 is 14.7 Å². The topological polar surface area (TPSA) is 118 Å². The van der Waals surface area contributed by atoms with Gasteiger partial charge in [-0.25, -0.2) is 4.79 Å². The highest BCUT2D eigenvalue weighted by Crippen LogP contribution is 2.18. The van der Waals surface area contributed by atoms with Gasteiger partial charge in [0, 0.05) is 17.1 Å². The van der Waals surface area contributed by atoms with E-state index in [4.69, 9.17) is 16.6 Å². The molecule has 6 nitrogen and oxygen atoms in total. The number of nitrogens with one attached hydrogen (secondary N) is 1. The minimum atomic E-state index is -0.972. The van der Waals surface area contributed by atoms with Gasteiger partial charge in [-0.3, -0.25) is 4.79 Å². The van der Waals surface area contributed by atoms with E-state index in [2.05, 4.69) is 5.32 Å². The number of aryl methyl sites for hydroxylation is 2. The molecular formula is C22H23N3O3. The normalized spacial score (nSPS) is 9.79. The number of hydrogen-bond donors (Lipinski definition) is 4. The summed E-state index contributed by atoms with van der Waals surface area (Å²) in [6, 6.07) is 19.8. The molecule has 0 spiro atoms. The number of carboxylic acid groups (broad SMARTS) is 1. The van der Waals surface area contributed by atoms with Crippen molar-refractivity contribution in [1.29, 1.82) is 0 Å². The smallest absolute Gasteiger partial charge is 0.338 e. The van der Waals surface area contributed by atoms with Gasteiger partial charge in [-0.05, 0) is 49.2 Å². The third kappa shape index (κ3) is 5.11. The van der Waals surface area contributed by atoms with Gasteiger partial charge in [0.15, 0.2) is 0 Å². The second kappa shape index (κ2) is 9.23. The van der Waals surface area contributed by atoms with Gasteiger partial charge in [0.25, 0.3) is 5.91 Å². The Balaban J connectivity index is 0.000000221. The molecule has 6 heteroatoms. The van der Waals surface area contributed by atoms with E-state index in [0.29, 0.717) is 22.5 Å². The molecule has 0 unspecified atom stereocenters. The molecule has 3 rings (SSSR count). The number of rotatable bonds is 3. The summed E-state index contributed by atoms with van der Waals surface area (Å²) < 4.78 is 0. The fourth-order valence-electron chi connectivity index (χ4n) is 2.70. The standard InChI is InChI=1S/C14H14N2O.C8H9NO2/c1-10-6-5-9-12(15)13(10)14(17)16-11-7-3-2-4-8-11;1-5-3-2-4-6(9)7(5)8(10)11/h2-9H,15H2,1H3,(H,16,17);2-4H,9H2,1H3,(H,10,11). The molecule has 0 saturated carbocycles. The van der Waals surface area contributed by atoms with Crippen LogP contribution in [0, 0.1) is 13.8 Å². The Morgan fingerprint density at radius 1 is 0.750 bits per heavy atom. The summed E-state index contributed by atoms with van der Waals surface area (Å²) in [7, 11) is 0. The van der Waals surface area contributed by atoms with E-state index in [-0.39, 0.29) is 11.5 Å². The maximum atomic E-state index is 12.1. The minimum absolute atomic E-state index is 0.174. The quantitative estimate of drug-likeness (QED) is 0.512. The van der Waals surface area contributed by atoms with E-state index in [1.165, 1.54) is 0 Å². The molecule has 144 valence electrons. The maximum absolute atomic E-state index is 12.1. The second-order valence-electron chi connectivity index (χ2n) is 6.20. The number of nitrogen functional groups attached to an aromatic ring is 2. The summed E-state index contributed by atoms with van der Waals surface area (Å²) in [6.45, 7) is 3.59. The molecule has 6 N–H and O–H groups in total. The van der Waals surface area contributed by atoms with Gasteiger partial charge in [-0.15, -0.1) is 0 Å². The van der Waals surface area contributed by atoms with Crippen molar-refractivity contribution in [3.05, 3.63) is 89.0 Å². The van der Waals surface area contributed by atoms with Gasteiger partial charge < -0.3 is 21.9 Å². The first-order chi connectivity index (χ1) is 13.3.